The molecule has 0 unspecified atom stereocenters. The van der Waals surface area contributed by atoms with Crippen LogP contribution in [0.5, 0.6) is 0 Å². The van der Waals surface area contributed by atoms with Gasteiger partial charge in [0.05, 0.1) is 6.61 Å². The van der Waals surface area contributed by atoms with Gasteiger partial charge in [-0.25, -0.2) is 0 Å². The van der Waals surface area contributed by atoms with Crippen molar-refractivity contribution in [3.8, 4) is 0 Å². The van der Waals surface area contributed by atoms with Gasteiger partial charge in [-0.3, -0.25) is 9.63 Å². The van der Waals surface area contributed by atoms with Crippen LogP contribution in [-0.2, 0) is 9.63 Å². The number of carbonyl (C=O) groups is 1. The third-order valence-electron chi connectivity index (χ3n) is 1.24. The van der Waals surface area contributed by atoms with E-state index in [0.717, 1.165) is 0 Å². The Morgan fingerprint density at radius 3 is 2.58 bits per heavy atom. The molecule has 0 fully saturated rings. The van der Waals surface area contributed by atoms with Crippen molar-refractivity contribution in [1.82, 2.24) is 5.39 Å². The predicted molar refractivity (Wildman–Crippen MR) is 39.0 cm³/mol. The van der Waals surface area contributed by atoms with Crippen molar-refractivity contribution in [2.24, 2.45) is 0 Å². The third-order valence-corrected chi connectivity index (χ3v) is 1.24. The number of carboxylic acid groups (broad SMARTS) is 1. The summed E-state index contributed by atoms with van der Waals surface area (Å²) in [6.07, 6.45) is 1.91. The summed E-state index contributed by atoms with van der Waals surface area (Å²) in [6.45, 7) is 0.111. The molecule has 0 aromatic carbocycles. The van der Waals surface area contributed by atoms with Crippen molar-refractivity contribution >= 4 is 5.97 Å². The predicted octanol–water partition coefficient (Wildman–Crippen LogP) is 0.752. The summed E-state index contributed by atoms with van der Waals surface area (Å²) in [7, 11) is 0. The molecule has 0 aliphatic rings. The molecule has 0 atom stereocenters. The van der Waals surface area contributed by atoms with Crippen LogP contribution in [0.3, 0.4) is 0 Å². The van der Waals surface area contributed by atoms with Gasteiger partial charge in [-0.2, -0.15) is 0 Å². The summed E-state index contributed by atoms with van der Waals surface area (Å²) in [6, 6.07) is 0. The lowest BCUT2D eigenvalue weighted by Crippen LogP contribution is -2.11. The van der Waals surface area contributed by atoms with Gasteiger partial charge in [-0.15, -0.1) is 5.39 Å². The van der Waals surface area contributed by atoms with Crippen LogP contribution in [0.25, 0.3) is 0 Å². The summed E-state index contributed by atoms with van der Waals surface area (Å²) in [4.78, 5) is 14.1. The Kier molecular flexibility index (Phi) is 6.58. The Labute approximate surface area is 69.8 Å². The van der Waals surface area contributed by atoms with E-state index in [0.29, 0.717) is 19.3 Å². The fourth-order valence-electron chi connectivity index (χ4n) is 0.698. The molecule has 12 heavy (non-hydrogen) atoms. The quantitative estimate of drug-likeness (QED) is 0.441. The van der Waals surface area contributed by atoms with E-state index in [1.165, 1.54) is 0 Å². The van der Waals surface area contributed by atoms with Gasteiger partial charge in [0.25, 0.3) is 0 Å². The molecule has 0 aliphatic heterocycles. The molecule has 0 aromatic heterocycles. The normalized spacial score (nSPS) is 10.6. The topological polar surface area (TPSA) is 93.1 Å². The first-order chi connectivity index (χ1) is 5.63. The first-order valence-electron chi connectivity index (χ1n) is 3.64. The largest absolute Gasteiger partial charge is 0.738 e. The van der Waals surface area contributed by atoms with E-state index in [1.807, 2.05) is 0 Å². The van der Waals surface area contributed by atoms with Gasteiger partial charge < -0.3 is 15.5 Å². The fourth-order valence-corrected chi connectivity index (χ4v) is 0.698. The summed E-state index contributed by atoms with van der Waals surface area (Å²) < 4.78 is 0. The monoisotopic (exact) mass is 178 g/mol. The van der Waals surface area contributed by atoms with Crippen molar-refractivity contribution < 1.29 is 19.9 Å². The van der Waals surface area contributed by atoms with Crippen LogP contribution in [0.15, 0.2) is 0 Å². The Hall–Kier alpha value is -0.690. The Bertz CT molecular complexity index is 127. The zero-order valence-corrected chi connectivity index (χ0v) is 6.60. The minimum absolute atomic E-state index is 0.111. The number of hydrogen-bond donors (Lipinski definition) is 2. The first-order valence-corrected chi connectivity index (χ1v) is 3.64. The lowest BCUT2D eigenvalue weighted by Gasteiger charge is -2.17. The Morgan fingerprint density at radius 2 is 2.08 bits per heavy atom. The molecule has 0 bridgehead atoms. The molecule has 0 amide bonds. The molecule has 0 spiro atoms. The Balaban J connectivity index is 2.96. The lowest BCUT2D eigenvalue weighted by atomic mass is 10.2. The lowest BCUT2D eigenvalue weighted by molar-refractivity contribution is -0.305. The maximum atomic E-state index is 10.0. The maximum Gasteiger partial charge on any atom is 0.303 e. The fraction of sp³-hybridized carbons (Fsp3) is 0.833. The molecule has 0 heterocycles. The van der Waals surface area contributed by atoms with Crippen LogP contribution in [0.4, 0.5) is 0 Å². The molecule has 0 radical (unpaired) electrons. The highest BCUT2D eigenvalue weighted by atomic mass is 17.1. The maximum absolute atomic E-state index is 10.0. The van der Waals surface area contributed by atoms with Gasteiger partial charge in [0.2, 0.25) is 0 Å². The molecule has 0 aromatic rings. The summed E-state index contributed by atoms with van der Waals surface area (Å²) in [5.41, 5.74) is 0. The molecule has 0 saturated heterocycles. The Morgan fingerprint density at radius 1 is 1.42 bits per heavy atom. The number of hydrogen-bond acceptors (Lipinski definition) is 5. The molecule has 6 nitrogen and oxygen atoms in total. The average molecular weight is 178 g/mol. The van der Waals surface area contributed by atoms with Crippen LogP contribution in [-0.4, -0.2) is 28.3 Å². The van der Waals surface area contributed by atoms with E-state index in [4.69, 9.17) is 10.3 Å². The second-order valence-electron chi connectivity index (χ2n) is 2.28. The zero-order chi connectivity index (χ0) is 9.40. The third kappa shape index (κ3) is 9.31. The van der Waals surface area contributed by atoms with E-state index in [1.54, 1.807) is 0 Å². The minimum Gasteiger partial charge on any atom is -0.738 e. The number of rotatable bonds is 7. The zero-order valence-electron chi connectivity index (χ0n) is 6.60. The van der Waals surface area contributed by atoms with Gasteiger partial charge in [-0.1, -0.05) is 6.42 Å². The second-order valence-corrected chi connectivity index (χ2v) is 2.28. The van der Waals surface area contributed by atoms with Gasteiger partial charge in [-0.05, 0) is 12.8 Å². The molecule has 0 aliphatic carbocycles. The van der Waals surface area contributed by atoms with Crippen LogP contribution in [0, 0.1) is 5.21 Å². The number of aliphatic carboxylic acids is 1. The van der Waals surface area contributed by atoms with Crippen molar-refractivity contribution in [2.75, 3.05) is 6.61 Å². The van der Waals surface area contributed by atoms with Crippen molar-refractivity contribution in [3.05, 3.63) is 5.21 Å². The SMILES string of the molecule is O=C(O)CCCCCON([O-])O. The van der Waals surface area contributed by atoms with Crippen molar-refractivity contribution in [2.45, 2.75) is 25.7 Å². The molecule has 2 N–H and O–H groups in total. The molecule has 72 valence electrons. The van der Waals surface area contributed by atoms with Gasteiger partial charge in [0.15, 0.2) is 0 Å². The number of carboxylic acids is 1. The smallest absolute Gasteiger partial charge is 0.303 e. The van der Waals surface area contributed by atoms with E-state index in [2.05, 4.69) is 4.84 Å². The average Bonchev–Trinajstić information content (AvgIpc) is 1.95. The second kappa shape index (κ2) is 6.99. The highest BCUT2D eigenvalue weighted by molar-refractivity contribution is 5.66. The van der Waals surface area contributed by atoms with Crippen LogP contribution < -0.4 is 0 Å². The van der Waals surface area contributed by atoms with Crippen LogP contribution in [0.1, 0.15) is 25.7 Å². The van der Waals surface area contributed by atoms with Crippen molar-refractivity contribution in [3.63, 3.8) is 0 Å². The minimum atomic E-state index is -0.830. The van der Waals surface area contributed by atoms with E-state index < -0.39 is 11.4 Å². The van der Waals surface area contributed by atoms with Gasteiger partial charge in [0, 0.05) is 6.42 Å². The molecular weight excluding hydrogens is 166 g/mol. The highest BCUT2D eigenvalue weighted by Gasteiger charge is 1.96. The van der Waals surface area contributed by atoms with Gasteiger partial charge in [0.1, 0.15) is 0 Å². The standard InChI is InChI=1S/C6H12NO5/c8-6(9)4-2-1-3-5-12-7(10)11/h10H,1-5H2,(H,8,9)/q-1. The number of unbranched alkanes of at least 4 members (excludes halogenated alkanes) is 2. The van der Waals surface area contributed by atoms with E-state index in [9.17, 15) is 10.0 Å². The van der Waals surface area contributed by atoms with Gasteiger partial charge >= 0.3 is 5.97 Å². The number of nitrogens with zero attached hydrogens (tertiary/aromatic N) is 1. The van der Waals surface area contributed by atoms with Crippen LogP contribution >= 0.6 is 0 Å². The summed E-state index contributed by atoms with van der Waals surface area (Å²) in [5.74, 6) is -0.830. The molecule has 0 saturated carbocycles. The molecular formula is C6H12NO5-. The van der Waals surface area contributed by atoms with E-state index >= 15 is 0 Å². The van der Waals surface area contributed by atoms with Crippen molar-refractivity contribution in [1.29, 1.82) is 0 Å². The van der Waals surface area contributed by atoms with E-state index in [-0.39, 0.29) is 13.0 Å². The molecule has 0 rings (SSSR count). The highest BCUT2D eigenvalue weighted by Crippen LogP contribution is 2.00. The summed E-state index contributed by atoms with van der Waals surface area (Å²) >= 11 is 0. The summed E-state index contributed by atoms with van der Waals surface area (Å²) in [5, 5.41) is 25.3. The molecule has 6 heteroatoms. The van der Waals surface area contributed by atoms with Crippen LogP contribution in [0.2, 0.25) is 0 Å². The first kappa shape index (κ1) is 11.3.